The number of nitrogens with zero attached hydrogens (tertiary/aromatic N) is 3. The maximum Gasteiger partial charge on any atom is 0.442 e. The summed E-state index contributed by atoms with van der Waals surface area (Å²) in [6, 6.07) is 3.81. The van der Waals surface area contributed by atoms with E-state index in [9.17, 15) is 24.0 Å². The van der Waals surface area contributed by atoms with Crippen LogP contribution in [0.15, 0.2) is 33.5 Å². The van der Waals surface area contributed by atoms with Gasteiger partial charge in [-0.3, -0.25) is 14.4 Å². The predicted octanol–water partition coefficient (Wildman–Crippen LogP) is 1.53. The number of methoxy groups -OCH3 is 2. The van der Waals surface area contributed by atoms with Crippen molar-refractivity contribution in [2.45, 2.75) is 58.7 Å². The zero-order valence-electron chi connectivity index (χ0n) is 22.9. The molecule has 1 aromatic heterocycles. The van der Waals surface area contributed by atoms with E-state index in [1.54, 1.807) is 52.0 Å². The van der Waals surface area contributed by atoms with Gasteiger partial charge in [0.1, 0.15) is 23.5 Å². The van der Waals surface area contributed by atoms with Crippen LogP contribution in [0, 0.1) is 11.8 Å². The smallest absolute Gasteiger partial charge is 0.442 e. The van der Waals surface area contributed by atoms with Crippen LogP contribution in [0.25, 0.3) is 5.69 Å². The monoisotopic (exact) mass is 545 g/mol. The summed E-state index contributed by atoms with van der Waals surface area (Å²) in [7, 11) is 2.64. The fraction of sp³-hybridized carbons (Fsp3) is 0.538. The molecule has 212 valence electrons. The number of Topliss-reactive ketones (excluding diaryl/α,β-unsaturated/α-hetero) is 1. The highest BCUT2D eigenvalue weighted by atomic mass is 16.5. The molecule has 0 radical (unpaired) electrons. The summed E-state index contributed by atoms with van der Waals surface area (Å²) in [4.78, 5) is 65.7. The van der Waals surface area contributed by atoms with Gasteiger partial charge in [0.05, 0.1) is 20.3 Å². The molecule has 0 saturated carbocycles. The van der Waals surface area contributed by atoms with E-state index in [2.05, 4.69) is 20.5 Å². The first-order valence-corrected chi connectivity index (χ1v) is 12.7. The van der Waals surface area contributed by atoms with Crippen molar-refractivity contribution in [2.75, 3.05) is 20.8 Å². The summed E-state index contributed by atoms with van der Waals surface area (Å²) in [5.41, 5.74) is 0.290. The zero-order valence-corrected chi connectivity index (χ0v) is 22.9. The van der Waals surface area contributed by atoms with Gasteiger partial charge >= 0.3 is 11.8 Å². The summed E-state index contributed by atoms with van der Waals surface area (Å²) in [5.74, 6) is -3.28. The summed E-state index contributed by atoms with van der Waals surface area (Å²) in [6.45, 7) is 7.32. The molecule has 0 spiro atoms. The molecule has 1 aliphatic rings. The minimum Gasteiger partial charge on any atom is -0.494 e. The fourth-order valence-electron chi connectivity index (χ4n) is 4.43. The molecule has 3 rings (SSSR count). The summed E-state index contributed by atoms with van der Waals surface area (Å²) >= 11 is 0. The summed E-state index contributed by atoms with van der Waals surface area (Å²) in [5, 5.41) is 9.31. The molecule has 2 heterocycles. The van der Waals surface area contributed by atoms with Gasteiger partial charge in [-0.05, 0) is 36.8 Å². The standard InChI is InChI=1S/C26H35N5O8/c1-14(2)19(21(32)23-29-31(26(36)39-23)16-10-7-8-12-18(16)37-5)27-22(33)17-11-9-13-30(17)24(34)20(15(3)4)28-25(35)38-6/h7-8,10,12,14-15,17,19-20H,9,11,13H2,1-6H3,(H,27,33)(H,28,35)/t17-,19-,20-/m0/s1. The van der Waals surface area contributed by atoms with Crippen LogP contribution in [0.4, 0.5) is 4.79 Å². The van der Waals surface area contributed by atoms with Gasteiger partial charge in [0.15, 0.2) is 0 Å². The molecule has 3 amide bonds. The van der Waals surface area contributed by atoms with Gasteiger partial charge in [-0.1, -0.05) is 39.8 Å². The Bertz CT molecular complexity index is 1270. The number of hydrogen-bond acceptors (Lipinski definition) is 9. The Balaban J connectivity index is 1.81. The molecule has 13 heteroatoms. The molecule has 2 N–H and O–H groups in total. The van der Waals surface area contributed by atoms with E-state index in [1.807, 2.05) is 0 Å². The molecule has 13 nitrogen and oxygen atoms in total. The number of carbonyl (C=O) groups is 4. The first-order valence-electron chi connectivity index (χ1n) is 12.7. The number of nitrogens with one attached hydrogen (secondary N) is 2. The quantitative estimate of drug-likeness (QED) is 0.422. The normalized spacial score (nSPS) is 16.6. The molecule has 0 bridgehead atoms. The third-order valence-corrected chi connectivity index (χ3v) is 6.55. The van der Waals surface area contributed by atoms with E-state index in [0.717, 1.165) is 4.68 Å². The van der Waals surface area contributed by atoms with Gasteiger partial charge in [0.2, 0.25) is 17.6 Å². The van der Waals surface area contributed by atoms with E-state index in [-0.39, 0.29) is 5.92 Å². The largest absolute Gasteiger partial charge is 0.494 e. The van der Waals surface area contributed by atoms with Gasteiger partial charge in [-0.2, -0.15) is 4.68 Å². The van der Waals surface area contributed by atoms with Crippen LogP contribution >= 0.6 is 0 Å². The molecule has 39 heavy (non-hydrogen) atoms. The van der Waals surface area contributed by atoms with Gasteiger partial charge in [-0.25, -0.2) is 9.59 Å². The highest BCUT2D eigenvalue weighted by molar-refractivity contribution is 6.00. The molecule has 2 aromatic rings. The van der Waals surface area contributed by atoms with Crippen LogP contribution in [0.5, 0.6) is 5.75 Å². The highest BCUT2D eigenvalue weighted by Crippen LogP contribution is 2.23. The Hall–Kier alpha value is -4.16. The van der Waals surface area contributed by atoms with E-state index >= 15 is 0 Å². The van der Waals surface area contributed by atoms with Gasteiger partial charge in [-0.15, -0.1) is 5.10 Å². The van der Waals surface area contributed by atoms with Crippen molar-refractivity contribution < 1.29 is 33.1 Å². The topological polar surface area (TPSA) is 162 Å². The van der Waals surface area contributed by atoms with E-state index in [4.69, 9.17) is 9.15 Å². The van der Waals surface area contributed by atoms with Crippen LogP contribution in [-0.2, 0) is 14.3 Å². The van der Waals surface area contributed by atoms with Crippen LogP contribution in [0.1, 0.15) is 51.2 Å². The van der Waals surface area contributed by atoms with Crippen LogP contribution in [-0.4, -0.2) is 77.3 Å². The number of likely N-dealkylation sites (tertiary alicyclic amines) is 1. The zero-order chi connectivity index (χ0) is 28.9. The van der Waals surface area contributed by atoms with Crippen molar-refractivity contribution in [3.63, 3.8) is 0 Å². The number of ether oxygens (including phenoxy) is 2. The van der Waals surface area contributed by atoms with Gasteiger partial charge in [0, 0.05) is 6.54 Å². The number of ketones is 1. The average Bonchev–Trinajstić information content (AvgIpc) is 3.56. The number of rotatable bonds is 10. The van der Waals surface area contributed by atoms with Gasteiger partial charge in [0.25, 0.3) is 5.89 Å². The third-order valence-electron chi connectivity index (χ3n) is 6.55. The minimum absolute atomic E-state index is 0.257. The molecule has 0 unspecified atom stereocenters. The lowest BCUT2D eigenvalue weighted by Gasteiger charge is -2.31. The van der Waals surface area contributed by atoms with Gasteiger partial charge < -0.3 is 29.4 Å². The third kappa shape index (κ3) is 6.47. The molecular weight excluding hydrogens is 510 g/mol. The number of para-hydroxylation sites is 2. The fourth-order valence-corrected chi connectivity index (χ4v) is 4.43. The first-order chi connectivity index (χ1) is 18.5. The van der Waals surface area contributed by atoms with E-state index < -0.39 is 59.4 Å². The molecule has 0 aliphatic carbocycles. The predicted molar refractivity (Wildman–Crippen MR) is 139 cm³/mol. The van der Waals surface area contributed by atoms with E-state index in [1.165, 1.54) is 19.1 Å². The molecule has 1 aliphatic heterocycles. The van der Waals surface area contributed by atoms with Crippen molar-refractivity contribution >= 4 is 23.7 Å². The SMILES string of the molecule is COC(=O)N[C@H](C(=O)N1CCC[C@H]1C(=O)N[C@H](C(=O)c1nn(-c2ccccc2OC)c(=O)o1)C(C)C)C(C)C. The van der Waals surface area contributed by atoms with Crippen molar-refractivity contribution in [2.24, 2.45) is 11.8 Å². The molecule has 3 atom stereocenters. The number of amides is 3. The average molecular weight is 546 g/mol. The van der Waals surface area contributed by atoms with E-state index in [0.29, 0.717) is 30.8 Å². The second-order valence-corrected chi connectivity index (χ2v) is 9.90. The first kappa shape index (κ1) is 29.4. The molecule has 1 saturated heterocycles. The number of benzene rings is 1. The minimum atomic E-state index is -1.08. The number of carbonyl (C=O) groups excluding carboxylic acids is 4. The number of aromatic nitrogens is 2. The lowest BCUT2D eigenvalue weighted by molar-refractivity contribution is -0.141. The highest BCUT2D eigenvalue weighted by Gasteiger charge is 2.40. The van der Waals surface area contributed by atoms with Crippen LogP contribution in [0.2, 0.25) is 0 Å². The Kier molecular flexibility index (Phi) is 9.49. The molecular formula is C26H35N5O8. The number of alkyl carbamates (subject to hydrolysis) is 1. The van der Waals surface area contributed by atoms with Crippen LogP contribution in [0.3, 0.4) is 0 Å². The summed E-state index contributed by atoms with van der Waals surface area (Å²) in [6.07, 6.45) is 0.212. The van der Waals surface area contributed by atoms with Crippen molar-refractivity contribution in [3.8, 4) is 11.4 Å². The van der Waals surface area contributed by atoms with Crippen molar-refractivity contribution in [1.29, 1.82) is 0 Å². The second-order valence-electron chi connectivity index (χ2n) is 9.90. The Morgan fingerprint density at radius 1 is 1.03 bits per heavy atom. The summed E-state index contributed by atoms with van der Waals surface area (Å²) < 4.78 is 16.0. The Morgan fingerprint density at radius 3 is 2.31 bits per heavy atom. The number of hydrogen-bond donors (Lipinski definition) is 2. The molecule has 1 aromatic carbocycles. The van der Waals surface area contributed by atoms with Crippen LogP contribution < -0.4 is 21.1 Å². The lowest BCUT2D eigenvalue weighted by atomic mass is 9.98. The maximum absolute atomic E-state index is 13.4. The second kappa shape index (κ2) is 12.6. The molecule has 1 fully saturated rings. The van der Waals surface area contributed by atoms with Crippen molar-refractivity contribution in [3.05, 3.63) is 40.7 Å². The Morgan fingerprint density at radius 2 is 1.69 bits per heavy atom. The lowest BCUT2D eigenvalue weighted by Crippen LogP contribution is -2.57. The Labute approximate surface area is 225 Å². The maximum atomic E-state index is 13.4. The van der Waals surface area contributed by atoms with Crippen molar-refractivity contribution in [1.82, 2.24) is 25.3 Å².